The third-order valence-corrected chi connectivity index (χ3v) is 4.14. The number of rotatable bonds is 3. The molecule has 1 aromatic carbocycles. The zero-order chi connectivity index (χ0) is 13.8. The maximum Gasteiger partial charge on any atom is 0.227 e. The van der Waals surface area contributed by atoms with Crippen molar-refractivity contribution in [1.82, 2.24) is 4.90 Å². The van der Waals surface area contributed by atoms with Crippen molar-refractivity contribution in [3.05, 3.63) is 34.1 Å². The average Bonchev–Trinajstić information content (AvgIpc) is 2.43. The number of hydrogen-bond acceptors (Lipinski definition) is 2. The molecule has 1 saturated heterocycles. The molecule has 112 valence electrons. The summed E-state index contributed by atoms with van der Waals surface area (Å²) in [5.74, 6) is 0.188. The van der Waals surface area contributed by atoms with E-state index in [1.165, 1.54) is 6.07 Å². The van der Waals surface area contributed by atoms with Crippen molar-refractivity contribution in [3.8, 4) is 0 Å². The van der Waals surface area contributed by atoms with Crippen LogP contribution in [-0.4, -0.2) is 30.4 Å². The molecule has 20 heavy (non-hydrogen) atoms. The Bertz CT molecular complexity index is 464. The van der Waals surface area contributed by atoms with Crippen molar-refractivity contribution in [2.75, 3.05) is 19.6 Å². The van der Waals surface area contributed by atoms with Gasteiger partial charge in [-0.15, -0.1) is 12.4 Å². The molecule has 2 rings (SSSR count). The van der Waals surface area contributed by atoms with Gasteiger partial charge in [-0.05, 0) is 49.1 Å². The Hall–Kier alpha value is -0.650. The number of amides is 1. The maximum atomic E-state index is 13.6. The van der Waals surface area contributed by atoms with Crippen molar-refractivity contribution >= 4 is 34.2 Å². The van der Waals surface area contributed by atoms with E-state index < -0.39 is 0 Å². The summed E-state index contributed by atoms with van der Waals surface area (Å²) in [5.41, 5.74) is 6.07. The zero-order valence-electron chi connectivity index (χ0n) is 11.1. The second-order valence-corrected chi connectivity index (χ2v) is 5.89. The summed E-state index contributed by atoms with van der Waals surface area (Å²) in [4.78, 5) is 14.0. The molecule has 1 amide bonds. The van der Waals surface area contributed by atoms with Crippen molar-refractivity contribution in [3.63, 3.8) is 0 Å². The van der Waals surface area contributed by atoms with E-state index in [1.54, 1.807) is 12.1 Å². The molecule has 0 aliphatic carbocycles. The maximum absolute atomic E-state index is 13.6. The fraction of sp³-hybridized carbons (Fsp3) is 0.500. The molecule has 0 bridgehead atoms. The highest BCUT2D eigenvalue weighted by Gasteiger charge is 2.22. The van der Waals surface area contributed by atoms with Gasteiger partial charge in [0, 0.05) is 17.6 Å². The highest BCUT2D eigenvalue weighted by Crippen LogP contribution is 2.19. The largest absolute Gasteiger partial charge is 0.342 e. The summed E-state index contributed by atoms with van der Waals surface area (Å²) in [6.07, 6.45) is 2.02. The third-order valence-electron chi connectivity index (χ3n) is 3.65. The molecular weight excluding hydrogens is 347 g/mol. The minimum atomic E-state index is -0.326. The molecule has 0 unspecified atom stereocenters. The summed E-state index contributed by atoms with van der Waals surface area (Å²) in [6.45, 7) is 2.15. The molecule has 1 heterocycles. The van der Waals surface area contributed by atoms with Crippen molar-refractivity contribution in [2.45, 2.75) is 19.3 Å². The van der Waals surface area contributed by atoms with Gasteiger partial charge in [0.1, 0.15) is 5.82 Å². The number of benzene rings is 1. The summed E-state index contributed by atoms with van der Waals surface area (Å²) in [5, 5.41) is 0. The number of hydrogen-bond donors (Lipinski definition) is 1. The molecule has 0 radical (unpaired) electrons. The van der Waals surface area contributed by atoms with Crippen LogP contribution in [0.5, 0.6) is 0 Å². The second kappa shape index (κ2) is 7.96. The first-order valence-electron chi connectivity index (χ1n) is 6.52. The minimum absolute atomic E-state index is 0. The van der Waals surface area contributed by atoms with Gasteiger partial charge in [0.2, 0.25) is 5.91 Å². The molecule has 3 nitrogen and oxygen atoms in total. The highest BCUT2D eigenvalue weighted by atomic mass is 79.9. The number of carbonyl (C=O) groups excluding carboxylic acids is 1. The second-order valence-electron chi connectivity index (χ2n) is 4.97. The fourth-order valence-electron chi connectivity index (χ4n) is 2.37. The molecule has 0 atom stereocenters. The lowest BCUT2D eigenvalue weighted by molar-refractivity contribution is -0.131. The zero-order valence-corrected chi connectivity index (χ0v) is 13.6. The molecule has 1 aromatic rings. The van der Waals surface area contributed by atoms with Crippen LogP contribution in [-0.2, 0) is 11.2 Å². The van der Waals surface area contributed by atoms with E-state index in [0.717, 1.165) is 30.4 Å². The van der Waals surface area contributed by atoms with Crippen LogP contribution < -0.4 is 5.73 Å². The summed E-state index contributed by atoms with van der Waals surface area (Å²) < 4.78 is 14.4. The predicted molar refractivity (Wildman–Crippen MR) is 83.4 cm³/mol. The smallest absolute Gasteiger partial charge is 0.227 e. The van der Waals surface area contributed by atoms with Crippen molar-refractivity contribution in [2.24, 2.45) is 11.7 Å². The normalized spacial score (nSPS) is 15.8. The molecule has 0 spiro atoms. The third kappa shape index (κ3) is 4.43. The Morgan fingerprint density at radius 2 is 2.05 bits per heavy atom. The van der Waals surface area contributed by atoms with Gasteiger partial charge in [-0.25, -0.2) is 4.39 Å². The number of piperidine rings is 1. The van der Waals surface area contributed by atoms with Crippen LogP contribution in [0, 0.1) is 11.7 Å². The molecule has 0 aromatic heterocycles. The van der Waals surface area contributed by atoms with E-state index >= 15 is 0 Å². The lowest BCUT2D eigenvalue weighted by Gasteiger charge is -2.31. The van der Waals surface area contributed by atoms with Crippen LogP contribution in [0.4, 0.5) is 4.39 Å². The highest BCUT2D eigenvalue weighted by molar-refractivity contribution is 9.10. The van der Waals surface area contributed by atoms with Gasteiger partial charge in [0.05, 0.1) is 6.42 Å². The SMILES string of the molecule is Cl.NCC1CCN(C(=O)Cc2cc(Br)ccc2F)CC1. The topological polar surface area (TPSA) is 46.3 Å². The summed E-state index contributed by atoms with van der Waals surface area (Å²) in [7, 11) is 0. The van der Waals surface area contributed by atoms with Crippen molar-refractivity contribution in [1.29, 1.82) is 0 Å². The standard InChI is InChI=1S/C14H18BrFN2O.ClH/c15-12-1-2-13(16)11(7-12)8-14(19)18-5-3-10(9-17)4-6-18;/h1-2,7,10H,3-6,8-9,17H2;1H. The number of halogens is 3. The first-order valence-corrected chi connectivity index (χ1v) is 7.31. The number of carbonyl (C=O) groups is 1. The number of nitrogens with zero attached hydrogens (tertiary/aromatic N) is 1. The molecule has 1 fully saturated rings. The van der Waals surface area contributed by atoms with E-state index in [-0.39, 0.29) is 30.6 Å². The van der Waals surface area contributed by atoms with Gasteiger partial charge in [0.25, 0.3) is 0 Å². The van der Waals surface area contributed by atoms with Crippen LogP contribution in [0.2, 0.25) is 0 Å². The molecule has 2 N–H and O–H groups in total. The molecule has 0 saturated carbocycles. The Morgan fingerprint density at radius 3 is 2.65 bits per heavy atom. The van der Waals surface area contributed by atoms with E-state index in [2.05, 4.69) is 15.9 Å². The monoisotopic (exact) mass is 364 g/mol. The van der Waals surface area contributed by atoms with Gasteiger partial charge in [-0.3, -0.25) is 4.79 Å². The first kappa shape index (κ1) is 17.4. The Kier molecular flexibility index (Phi) is 6.92. The molecule has 1 aliphatic rings. The Morgan fingerprint density at radius 1 is 1.40 bits per heavy atom. The van der Waals surface area contributed by atoms with Crippen LogP contribution in [0.3, 0.4) is 0 Å². The molecule has 6 heteroatoms. The quantitative estimate of drug-likeness (QED) is 0.895. The first-order chi connectivity index (χ1) is 9.10. The Balaban J connectivity index is 0.00000200. The average molecular weight is 366 g/mol. The van der Waals surface area contributed by atoms with Gasteiger partial charge < -0.3 is 10.6 Å². The predicted octanol–water partition coefficient (Wildman–Crippen LogP) is 2.75. The Labute approximate surface area is 133 Å². The van der Waals surface area contributed by atoms with E-state index in [0.29, 0.717) is 18.0 Å². The fourth-order valence-corrected chi connectivity index (χ4v) is 2.78. The number of likely N-dealkylation sites (tertiary alicyclic amines) is 1. The minimum Gasteiger partial charge on any atom is -0.342 e. The van der Waals surface area contributed by atoms with E-state index in [4.69, 9.17) is 5.73 Å². The lowest BCUT2D eigenvalue weighted by atomic mass is 9.96. The van der Waals surface area contributed by atoms with Crippen molar-refractivity contribution < 1.29 is 9.18 Å². The lowest BCUT2D eigenvalue weighted by Crippen LogP contribution is -2.40. The van der Waals surface area contributed by atoms with Gasteiger partial charge >= 0.3 is 0 Å². The van der Waals surface area contributed by atoms with Gasteiger partial charge in [-0.2, -0.15) is 0 Å². The molecule has 1 aliphatic heterocycles. The van der Waals surface area contributed by atoms with Crippen LogP contribution in [0.15, 0.2) is 22.7 Å². The van der Waals surface area contributed by atoms with Crippen LogP contribution >= 0.6 is 28.3 Å². The van der Waals surface area contributed by atoms with Gasteiger partial charge in [0.15, 0.2) is 0 Å². The van der Waals surface area contributed by atoms with E-state index in [1.807, 2.05) is 4.90 Å². The van der Waals surface area contributed by atoms with E-state index in [9.17, 15) is 9.18 Å². The van der Waals surface area contributed by atoms with Crippen LogP contribution in [0.1, 0.15) is 18.4 Å². The number of nitrogens with two attached hydrogens (primary N) is 1. The van der Waals surface area contributed by atoms with Crippen LogP contribution in [0.25, 0.3) is 0 Å². The summed E-state index contributed by atoms with van der Waals surface area (Å²) >= 11 is 3.29. The van der Waals surface area contributed by atoms with Gasteiger partial charge in [-0.1, -0.05) is 15.9 Å². The molecular formula is C14H19BrClFN2O. The summed E-state index contributed by atoms with van der Waals surface area (Å²) in [6, 6.07) is 4.68.